The highest BCUT2D eigenvalue weighted by Crippen LogP contribution is 2.75. The molecule has 2 bridgehead atoms. The SMILES string of the molecule is CC(C)(C)CC(=O)OC1C2(Cc3ccccc3C2)C2CCC1(C)C2(C)C. The fourth-order valence-corrected chi connectivity index (χ4v) is 6.78. The Morgan fingerprint density at radius 3 is 2.23 bits per heavy atom. The van der Waals surface area contributed by atoms with Gasteiger partial charge in [0.2, 0.25) is 0 Å². The van der Waals surface area contributed by atoms with E-state index in [2.05, 4.69) is 65.8 Å². The topological polar surface area (TPSA) is 26.3 Å². The van der Waals surface area contributed by atoms with E-state index >= 15 is 0 Å². The highest BCUT2D eigenvalue weighted by molar-refractivity contribution is 5.70. The summed E-state index contributed by atoms with van der Waals surface area (Å²) < 4.78 is 6.39. The molecule has 3 atom stereocenters. The van der Waals surface area contributed by atoms with Crippen LogP contribution in [0.1, 0.15) is 71.9 Å². The van der Waals surface area contributed by atoms with Crippen molar-refractivity contribution in [3.8, 4) is 0 Å². The van der Waals surface area contributed by atoms with E-state index in [1.807, 2.05) is 0 Å². The van der Waals surface area contributed by atoms with Crippen molar-refractivity contribution in [2.24, 2.45) is 27.6 Å². The normalized spacial score (nSPS) is 33.5. The zero-order chi connectivity index (χ0) is 19.0. The number of carbonyl (C=O) groups is 1. The summed E-state index contributed by atoms with van der Waals surface area (Å²) in [5.41, 5.74) is 3.28. The van der Waals surface area contributed by atoms with Crippen LogP contribution < -0.4 is 0 Å². The number of fused-ring (bicyclic) bond motifs is 4. The molecule has 0 amide bonds. The molecule has 26 heavy (non-hydrogen) atoms. The van der Waals surface area contributed by atoms with Gasteiger partial charge in [0, 0.05) is 10.8 Å². The van der Waals surface area contributed by atoms with Gasteiger partial charge in [-0.2, -0.15) is 0 Å². The van der Waals surface area contributed by atoms with Crippen molar-refractivity contribution in [1.29, 1.82) is 0 Å². The number of ether oxygens (including phenoxy) is 1. The number of hydrogen-bond donors (Lipinski definition) is 0. The van der Waals surface area contributed by atoms with Crippen LogP contribution in [0.15, 0.2) is 24.3 Å². The minimum atomic E-state index is -0.0308. The van der Waals surface area contributed by atoms with E-state index < -0.39 is 0 Å². The molecule has 0 aromatic heterocycles. The molecule has 0 aliphatic heterocycles. The van der Waals surface area contributed by atoms with Gasteiger partial charge in [-0.15, -0.1) is 0 Å². The van der Waals surface area contributed by atoms with Crippen LogP contribution in [0.5, 0.6) is 0 Å². The van der Waals surface area contributed by atoms with Gasteiger partial charge in [0.05, 0.1) is 6.42 Å². The third-order valence-electron chi connectivity index (χ3n) is 8.17. The molecule has 4 rings (SSSR count). The number of hydrogen-bond acceptors (Lipinski definition) is 2. The van der Waals surface area contributed by atoms with Crippen LogP contribution in [0.4, 0.5) is 0 Å². The van der Waals surface area contributed by atoms with Crippen molar-refractivity contribution in [3.05, 3.63) is 35.4 Å². The van der Waals surface area contributed by atoms with Gasteiger partial charge < -0.3 is 4.74 Å². The molecule has 2 fully saturated rings. The standard InChI is InChI=1S/C24H34O2/c1-21(2,3)15-19(25)26-20-23(6)12-11-18(22(23,4)5)24(20)13-16-9-7-8-10-17(16)14-24/h7-10,18,20H,11-15H2,1-6H3. The maximum Gasteiger partial charge on any atom is 0.306 e. The minimum absolute atomic E-state index is 0.0117. The lowest BCUT2D eigenvalue weighted by Gasteiger charge is -2.44. The van der Waals surface area contributed by atoms with Crippen molar-refractivity contribution in [3.63, 3.8) is 0 Å². The summed E-state index contributed by atoms with van der Waals surface area (Å²) in [7, 11) is 0. The van der Waals surface area contributed by atoms with Crippen molar-refractivity contribution in [1.82, 2.24) is 0 Å². The predicted molar refractivity (Wildman–Crippen MR) is 105 cm³/mol. The quantitative estimate of drug-likeness (QED) is 0.648. The number of benzene rings is 1. The van der Waals surface area contributed by atoms with Crippen molar-refractivity contribution in [2.75, 3.05) is 0 Å². The van der Waals surface area contributed by atoms with E-state index in [9.17, 15) is 4.79 Å². The summed E-state index contributed by atoms with van der Waals surface area (Å²) in [5.74, 6) is 0.613. The molecule has 3 aliphatic rings. The molecular weight excluding hydrogens is 320 g/mol. The van der Waals surface area contributed by atoms with Crippen LogP contribution in [0.25, 0.3) is 0 Å². The van der Waals surface area contributed by atoms with Crippen LogP contribution >= 0.6 is 0 Å². The highest BCUT2D eigenvalue weighted by atomic mass is 16.5. The largest absolute Gasteiger partial charge is 0.461 e. The second-order valence-electron chi connectivity index (χ2n) is 11.2. The van der Waals surface area contributed by atoms with Gasteiger partial charge in [-0.1, -0.05) is 65.8 Å². The van der Waals surface area contributed by atoms with Gasteiger partial charge >= 0.3 is 5.97 Å². The molecule has 3 unspecified atom stereocenters. The molecule has 1 aromatic rings. The summed E-state index contributed by atoms with van der Waals surface area (Å²) in [6, 6.07) is 8.86. The lowest BCUT2D eigenvalue weighted by atomic mass is 9.66. The Labute approximate surface area is 158 Å². The summed E-state index contributed by atoms with van der Waals surface area (Å²) >= 11 is 0. The fraction of sp³-hybridized carbons (Fsp3) is 0.708. The summed E-state index contributed by atoms with van der Waals surface area (Å²) in [6.07, 6.45) is 5.11. The molecule has 0 saturated heterocycles. The average molecular weight is 355 g/mol. The van der Waals surface area contributed by atoms with E-state index in [0.717, 1.165) is 12.8 Å². The first-order valence-electron chi connectivity index (χ1n) is 10.3. The Kier molecular flexibility index (Phi) is 3.73. The van der Waals surface area contributed by atoms with E-state index in [0.29, 0.717) is 12.3 Å². The maximum atomic E-state index is 12.8. The second-order valence-corrected chi connectivity index (χ2v) is 11.2. The lowest BCUT2D eigenvalue weighted by molar-refractivity contribution is -0.169. The Bertz CT molecular complexity index is 714. The predicted octanol–water partition coefficient (Wildman–Crippen LogP) is 5.58. The van der Waals surface area contributed by atoms with Crippen molar-refractivity contribution >= 4 is 5.97 Å². The fourth-order valence-electron chi connectivity index (χ4n) is 6.78. The van der Waals surface area contributed by atoms with E-state index in [-0.39, 0.29) is 33.7 Å². The van der Waals surface area contributed by atoms with Crippen molar-refractivity contribution < 1.29 is 9.53 Å². The number of esters is 1. The molecule has 0 radical (unpaired) electrons. The van der Waals surface area contributed by atoms with Gasteiger partial charge in [0.25, 0.3) is 0 Å². The van der Waals surface area contributed by atoms with Gasteiger partial charge in [0.1, 0.15) is 6.10 Å². The van der Waals surface area contributed by atoms with Gasteiger partial charge in [-0.25, -0.2) is 0 Å². The van der Waals surface area contributed by atoms with Crippen LogP contribution in [0.2, 0.25) is 0 Å². The molecule has 3 aliphatic carbocycles. The van der Waals surface area contributed by atoms with E-state index in [4.69, 9.17) is 4.74 Å². The van der Waals surface area contributed by atoms with Crippen molar-refractivity contribution in [2.45, 2.75) is 79.8 Å². The van der Waals surface area contributed by atoms with Crippen LogP contribution in [-0.4, -0.2) is 12.1 Å². The first-order valence-corrected chi connectivity index (χ1v) is 10.3. The third kappa shape index (κ3) is 2.33. The third-order valence-corrected chi connectivity index (χ3v) is 8.17. The summed E-state index contributed by atoms with van der Waals surface area (Å²) in [4.78, 5) is 12.8. The smallest absolute Gasteiger partial charge is 0.306 e. The second kappa shape index (κ2) is 5.36. The first kappa shape index (κ1) is 18.1. The zero-order valence-corrected chi connectivity index (χ0v) is 17.3. The van der Waals surface area contributed by atoms with Gasteiger partial charge in [0.15, 0.2) is 0 Å². The minimum Gasteiger partial charge on any atom is -0.461 e. The maximum absolute atomic E-state index is 12.8. The molecule has 2 saturated carbocycles. The molecule has 142 valence electrons. The highest BCUT2D eigenvalue weighted by Gasteiger charge is 2.74. The van der Waals surface area contributed by atoms with Gasteiger partial charge in [-0.05, 0) is 53.6 Å². The van der Waals surface area contributed by atoms with Crippen LogP contribution in [0, 0.1) is 27.6 Å². The van der Waals surface area contributed by atoms with E-state index in [1.165, 1.54) is 24.0 Å². The van der Waals surface area contributed by atoms with Gasteiger partial charge in [-0.3, -0.25) is 4.79 Å². The zero-order valence-electron chi connectivity index (χ0n) is 17.3. The molecule has 2 heteroatoms. The number of carbonyl (C=O) groups excluding carboxylic acids is 1. The number of rotatable bonds is 2. The monoisotopic (exact) mass is 354 g/mol. The van der Waals surface area contributed by atoms with E-state index in [1.54, 1.807) is 0 Å². The summed E-state index contributed by atoms with van der Waals surface area (Å²) in [6.45, 7) is 13.6. The average Bonchev–Trinajstić information content (AvgIpc) is 3.02. The van der Waals surface area contributed by atoms with Crippen LogP contribution in [-0.2, 0) is 22.4 Å². The summed E-state index contributed by atoms with van der Waals surface area (Å²) in [5, 5.41) is 0. The Balaban J connectivity index is 1.72. The molecule has 1 spiro atoms. The molecular formula is C24H34O2. The molecule has 2 nitrogen and oxygen atoms in total. The Morgan fingerprint density at radius 2 is 1.69 bits per heavy atom. The molecule has 1 aromatic carbocycles. The first-order chi connectivity index (χ1) is 12.0. The molecule has 0 heterocycles. The lowest BCUT2D eigenvalue weighted by Crippen LogP contribution is -2.48. The molecule has 0 N–H and O–H groups in total. The Hall–Kier alpha value is -1.31. The van der Waals surface area contributed by atoms with Crippen LogP contribution in [0.3, 0.4) is 0 Å². The Morgan fingerprint density at radius 1 is 1.12 bits per heavy atom.